The second-order valence-electron chi connectivity index (χ2n) is 6.35. The number of carbonyl (C=O) groups excluding carboxylic acids is 2. The number of halogens is 2. The van der Waals surface area contributed by atoms with Gasteiger partial charge < -0.3 is 9.80 Å². The minimum atomic E-state index is -0.474. The molecule has 0 spiro atoms. The van der Waals surface area contributed by atoms with Crippen LogP contribution in [0, 0.1) is 12.7 Å². The van der Waals surface area contributed by atoms with Gasteiger partial charge in [-0.15, -0.1) is 11.8 Å². The van der Waals surface area contributed by atoms with Gasteiger partial charge in [0.25, 0.3) is 5.91 Å². The van der Waals surface area contributed by atoms with Crippen molar-refractivity contribution in [3.63, 3.8) is 0 Å². The lowest BCUT2D eigenvalue weighted by Crippen LogP contribution is -2.51. The van der Waals surface area contributed by atoms with Crippen LogP contribution in [0.1, 0.15) is 15.9 Å². The monoisotopic (exact) mass is 406 g/mol. The largest absolute Gasteiger partial charge is 0.338 e. The van der Waals surface area contributed by atoms with Crippen molar-refractivity contribution in [1.29, 1.82) is 0 Å². The van der Waals surface area contributed by atoms with Gasteiger partial charge in [-0.05, 0) is 36.8 Å². The van der Waals surface area contributed by atoms with Gasteiger partial charge in [-0.3, -0.25) is 9.59 Å². The Labute approximate surface area is 167 Å². The molecule has 0 N–H and O–H groups in total. The molecule has 4 nitrogen and oxygen atoms in total. The van der Waals surface area contributed by atoms with Crippen LogP contribution in [-0.4, -0.2) is 53.5 Å². The van der Waals surface area contributed by atoms with Crippen LogP contribution < -0.4 is 0 Å². The summed E-state index contributed by atoms with van der Waals surface area (Å²) in [7, 11) is 0. The summed E-state index contributed by atoms with van der Waals surface area (Å²) in [5.41, 5.74) is 1.44. The average molecular weight is 407 g/mol. The minimum absolute atomic E-state index is 0.0650. The summed E-state index contributed by atoms with van der Waals surface area (Å²) in [6, 6.07) is 11.7. The number of thioether (sulfide) groups is 1. The Bertz CT molecular complexity index is 854. The van der Waals surface area contributed by atoms with E-state index in [0.717, 1.165) is 16.5 Å². The van der Waals surface area contributed by atoms with E-state index >= 15 is 0 Å². The van der Waals surface area contributed by atoms with Crippen LogP contribution in [0.2, 0.25) is 5.02 Å². The number of carbonyl (C=O) groups is 2. The molecule has 0 aliphatic carbocycles. The molecule has 1 fully saturated rings. The molecule has 0 bridgehead atoms. The second-order valence-corrected chi connectivity index (χ2v) is 7.78. The summed E-state index contributed by atoms with van der Waals surface area (Å²) in [6.07, 6.45) is 0. The molecule has 0 aromatic heterocycles. The number of benzene rings is 2. The van der Waals surface area contributed by atoms with Crippen LogP contribution in [0.25, 0.3) is 0 Å². The van der Waals surface area contributed by atoms with Crippen LogP contribution >= 0.6 is 23.4 Å². The summed E-state index contributed by atoms with van der Waals surface area (Å²) >= 11 is 7.51. The molecule has 3 rings (SSSR count). The fourth-order valence-corrected chi connectivity index (χ4v) is 4.12. The molecule has 7 heteroatoms. The zero-order valence-electron chi connectivity index (χ0n) is 15.0. The van der Waals surface area contributed by atoms with Crippen LogP contribution in [0.4, 0.5) is 4.39 Å². The molecule has 142 valence electrons. The van der Waals surface area contributed by atoms with Crippen molar-refractivity contribution in [2.45, 2.75) is 11.8 Å². The maximum atomic E-state index is 13.2. The van der Waals surface area contributed by atoms with Crippen molar-refractivity contribution in [3.05, 3.63) is 64.4 Å². The second kappa shape index (κ2) is 8.76. The van der Waals surface area contributed by atoms with Crippen molar-refractivity contribution in [1.82, 2.24) is 9.80 Å². The van der Waals surface area contributed by atoms with Gasteiger partial charge in [0, 0.05) is 31.1 Å². The van der Waals surface area contributed by atoms with E-state index in [-0.39, 0.29) is 22.4 Å². The first-order valence-corrected chi connectivity index (χ1v) is 10.0. The molecular formula is C20H20ClFN2O2S. The van der Waals surface area contributed by atoms with Gasteiger partial charge in [-0.25, -0.2) is 4.39 Å². The Hall–Kier alpha value is -2.05. The van der Waals surface area contributed by atoms with Gasteiger partial charge in [0.1, 0.15) is 5.82 Å². The van der Waals surface area contributed by atoms with Gasteiger partial charge in [-0.2, -0.15) is 0 Å². The summed E-state index contributed by atoms with van der Waals surface area (Å²) in [6.45, 7) is 3.87. The third kappa shape index (κ3) is 4.82. The fourth-order valence-electron chi connectivity index (χ4n) is 2.94. The van der Waals surface area contributed by atoms with E-state index in [1.54, 1.807) is 9.80 Å². The van der Waals surface area contributed by atoms with Crippen molar-refractivity contribution < 1.29 is 14.0 Å². The number of amides is 2. The van der Waals surface area contributed by atoms with E-state index in [9.17, 15) is 14.0 Å². The van der Waals surface area contributed by atoms with Crippen molar-refractivity contribution in [2.75, 3.05) is 31.9 Å². The zero-order chi connectivity index (χ0) is 19.4. The molecule has 0 atom stereocenters. The quantitative estimate of drug-likeness (QED) is 0.724. The van der Waals surface area contributed by atoms with E-state index in [1.165, 1.54) is 23.9 Å². The summed E-state index contributed by atoms with van der Waals surface area (Å²) in [4.78, 5) is 29.6. The molecule has 27 heavy (non-hydrogen) atoms. The third-order valence-corrected chi connectivity index (χ3v) is 6.00. The zero-order valence-corrected chi connectivity index (χ0v) is 16.5. The number of nitrogens with zero attached hydrogens (tertiary/aromatic N) is 2. The number of piperazine rings is 1. The lowest BCUT2D eigenvalue weighted by Gasteiger charge is -2.35. The lowest BCUT2D eigenvalue weighted by atomic mass is 10.1. The first kappa shape index (κ1) is 19.7. The average Bonchev–Trinajstić information content (AvgIpc) is 2.67. The van der Waals surface area contributed by atoms with Crippen LogP contribution in [0.3, 0.4) is 0 Å². The summed E-state index contributed by atoms with van der Waals surface area (Å²) in [5.74, 6) is -0.266. The van der Waals surface area contributed by atoms with Crippen LogP contribution in [0.5, 0.6) is 0 Å². The number of aryl methyl sites for hydroxylation is 1. The van der Waals surface area contributed by atoms with Gasteiger partial charge in [0.15, 0.2) is 0 Å². The van der Waals surface area contributed by atoms with Crippen LogP contribution in [-0.2, 0) is 4.79 Å². The highest BCUT2D eigenvalue weighted by Crippen LogP contribution is 2.23. The van der Waals surface area contributed by atoms with Crippen molar-refractivity contribution >= 4 is 35.2 Å². The van der Waals surface area contributed by atoms with E-state index < -0.39 is 5.82 Å². The van der Waals surface area contributed by atoms with Crippen LogP contribution in [0.15, 0.2) is 47.4 Å². The maximum absolute atomic E-state index is 13.2. The molecule has 2 aromatic rings. The molecule has 1 aliphatic rings. The number of rotatable bonds is 4. The van der Waals surface area contributed by atoms with Crippen molar-refractivity contribution in [2.24, 2.45) is 0 Å². The molecule has 1 aliphatic heterocycles. The highest BCUT2D eigenvalue weighted by molar-refractivity contribution is 8.00. The predicted octanol–water partition coefficient (Wildman–Crippen LogP) is 3.86. The molecule has 1 heterocycles. The molecule has 0 unspecified atom stereocenters. The normalized spacial score (nSPS) is 14.3. The molecule has 0 radical (unpaired) electrons. The highest BCUT2D eigenvalue weighted by Gasteiger charge is 2.26. The number of hydrogen-bond acceptors (Lipinski definition) is 3. The van der Waals surface area contributed by atoms with E-state index in [1.807, 2.05) is 31.2 Å². The minimum Gasteiger partial charge on any atom is -0.338 e. The SMILES string of the molecule is Cc1ccccc1SCC(=O)N1CCN(C(=O)c2ccc(F)cc2Cl)CC1. The Balaban J connectivity index is 1.53. The molecule has 2 amide bonds. The Morgan fingerprint density at radius 1 is 1.07 bits per heavy atom. The van der Waals surface area contributed by atoms with Gasteiger partial charge in [-0.1, -0.05) is 29.8 Å². The lowest BCUT2D eigenvalue weighted by molar-refractivity contribution is -0.129. The topological polar surface area (TPSA) is 40.6 Å². The van der Waals surface area contributed by atoms with Gasteiger partial charge >= 0.3 is 0 Å². The predicted molar refractivity (Wildman–Crippen MR) is 106 cm³/mol. The first-order chi connectivity index (χ1) is 13.0. The number of hydrogen-bond donors (Lipinski definition) is 0. The fraction of sp³-hybridized carbons (Fsp3) is 0.300. The van der Waals surface area contributed by atoms with Crippen molar-refractivity contribution in [3.8, 4) is 0 Å². The van der Waals surface area contributed by atoms with Gasteiger partial charge in [0.2, 0.25) is 5.91 Å². The summed E-state index contributed by atoms with van der Waals surface area (Å²) in [5, 5.41) is 0.105. The van der Waals surface area contributed by atoms with E-state index in [4.69, 9.17) is 11.6 Å². The standard InChI is InChI=1S/C20H20ClFN2O2S/c1-14-4-2-3-5-18(14)27-13-19(25)23-8-10-24(11-9-23)20(26)16-7-6-15(22)12-17(16)21/h2-7,12H,8-11,13H2,1H3. The van der Waals surface area contributed by atoms with E-state index in [2.05, 4.69) is 0 Å². The van der Waals surface area contributed by atoms with E-state index in [0.29, 0.717) is 31.9 Å². The molecule has 2 aromatic carbocycles. The smallest absolute Gasteiger partial charge is 0.255 e. The maximum Gasteiger partial charge on any atom is 0.255 e. The summed E-state index contributed by atoms with van der Waals surface area (Å²) < 4.78 is 13.2. The third-order valence-electron chi connectivity index (χ3n) is 4.53. The molecular weight excluding hydrogens is 387 g/mol. The van der Waals surface area contributed by atoms with Gasteiger partial charge in [0.05, 0.1) is 16.3 Å². The Morgan fingerprint density at radius 3 is 2.41 bits per heavy atom. The first-order valence-electron chi connectivity index (χ1n) is 8.66. The molecule has 1 saturated heterocycles. The highest BCUT2D eigenvalue weighted by atomic mass is 35.5. The Morgan fingerprint density at radius 2 is 1.74 bits per heavy atom. The molecule has 0 saturated carbocycles. The Kier molecular flexibility index (Phi) is 6.39.